The van der Waals surface area contributed by atoms with Crippen molar-refractivity contribution in [2.24, 2.45) is 5.84 Å². The molecular formula is C9H11N5O3. The first-order chi connectivity index (χ1) is 8.22. The van der Waals surface area contributed by atoms with E-state index in [1.807, 2.05) is 0 Å². The number of fused-ring (bicyclic) bond motifs is 1. The minimum absolute atomic E-state index is 0.0500. The van der Waals surface area contributed by atoms with Gasteiger partial charge in [0.1, 0.15) is 5.52 Å². The molecule has 0 radical (unpaired) electrons. The van der Waals surface area contributed by atoms with Crippen molar-refractivity contribution in [1.29, 1.82) is 0 Å². The normalized spacial score (nSPS) is 10.6. The van der Waals surface area contributed by atoms with Crippen LogP contribution in [0.5, 0.6) is 0 Å². The number of aryl methyl sites for hydroxylation is 1. The van der Waals surface area contributed by atoms with Crippen LogP contribution in [0.3, 0.4) is 0 Å². The third-order valence-corrected chi connectivity index (χ3v) is 2.27. The van der Waals surface area contributed by atoms with E-state index < -0.39 is 5.97 Å². The highest BCUT2D eigenvalue weighted by Crippen LogP contribution is 1.96. The second kappa shape index (κ2) is 4.76. The zero-order chi connectivity index (χ0) is 12.3. The van der Waals surface area contributed by atoms with Crippen LogP contribution in [0.25, 0.3) is 5.52 Å². The molecule has 0 atom stereocenters. The predicted octanol–water partition coefficient (Wildman–Crippen LogP) is -1.19. The lowest BCUT2D eigenvalue weighted by atomic mass is 10.4. The number of nitrogens with one attached hydrogen (secondary N) is 1. The first-order valence-corrected chi connectivity index (χ1v) is 4.90. The summed E-state index contributed by atoms with van der Waals surface area (Å²) in [4.78, 5) is 27.2. The Hall–Kier alpha value is -2.19. The van der Waals surface area contributed by atoms with E-state index in [-0.39, 0.29) is 18.5 Å². The van der Waals surface area contributed by atoms with E-state index in [1.165, 1.54) is 15.3 Å². The van der Waals surface area contributed by atoms with Crippen LogP contribution >= 0.6 is 0 Å². The van der Waals surface area contributed by atoms with Crippen molar-refractivity contribution in [3.8, 4) is 0 Å². The Kier molecular flexibility index (Phi) is 3.17. The molecule has 8 nitrogen and oxygen atoms in total. The molecule has 0 saturated carbocycles. The average Bonchev–Trinajstić information content (AvgIpc) is 2.77. The van der Waals surface area contributed by atoms with E-state index >= 15 is 0 Å². The zero-order valence-electron chi connectivity index (χ0n) is 8.87. The summed E-state index contributed by atoms with van der Waals surface area (Å²) in [6.07, 6.45) is 4.79. The number of hydrogen-bond acceptors (Lipinski definition) is 6. The van der Waals surface area contributed by atoms with Crippen molar-refractivity contribution in [3.63, 3.8) is 0 Å². The average molecular weight is 237 g/mol. The minimum atomic E-state index is -0.534. The number of aromatic nitrogens is 3. The number of nitrogens with zero attached hydrogens (tertiary/aromatic N) is 3. The zero-order valence-corrected chi connectivity index (χ0v) is 8.87. The standard InChI is InChI=1S/C9H11N5O3/c10-12-17-8(15)2-4-13-5-6-14-7(9(13)16)1-3-11-14/h1,3,5-6,12H,2,4,10H2. The molecule has 2 rings (SSSR count). The maximum atomic E-state index is 11.9. The lowest BCUT2D eigenvalue weighted by Crippen LogP contribution is -2.28. The molecule has 0 aromatic carbocycles. The molecule has 0 spiro atoms. The van der Waals surface area contributed by atoms with Gasteiger partial charge in [0.05, 0.1) is 12.6 Å². The van der Waals surface area contributed by atoms with Crippen molar-refractivity contribution < 1.29 is 9.63 Å². The molecule has 2 heterocycles. The molecule has 0 aliphatic heterocycles. The van der Waals surface area contributed by atoms with Gasteiger partial charge in [0.15, 0.2) is 0 Å². The van der Waals surface area contributed by atoms with Crippen LogP contribution < -0.4 is 17.0 Å². The maximum Gasteiger partial charge on any atom is 0.328 e. The lowest BCUT2D eigenvalue weighted by molar-refractivity contribution is -0.151. The Labute approximate surface area is 95.5 Å². The van der Waals surface area contributed by atoms with E-state index in [4.69, 9.17) is 5.84 Å². The van der Waals surface area contributed by atoms with Gasteiger partial charge in [-0.05, 0) is 6.07 Å². The highest BCUT2D eigenvalue weighted by atomic mass is 16.7. The predicted molar refractivity (Wildman–Crippen MR) is 57.5 cm³/mol. The molecule has 0 aliphatic carbocycles. The molecule has 0 unspecified atom stereocenters. The number of hydrazine groups is 1. The Morgan fingerprint density at radius 3 is 3.12 bits per heavy atom. The van der Waals surface area contributed by atoms with Gasteiger partial charge in [-0.15, -0.1) is 0 Å². The summed E-state index contributed by atoms with van der Waals surface area (Å²) in [6, 6.07) is 1.61. The number of carbonyl (C=O) groups is 1. The molecule has 8 heteroatoms. The van der Waals surface area contributed by atoms with E-state index in [2.05, 4.69) is 9.94 Å². The van der Waals surface area contributed by atoms with Crippen LogP contribution in [0.1, 0.15) is 6.42 Å². The molecule has 3 N–H and O–H groups in total. The Morgan fingerprint density at radius 2 is 2.35 bits per heavy atom. The van der Waals surface area contributed by atoms with E-state index in [0.717, 1.165) is 0 Å². The van der Waals surface area contributed by atoms with Crippen LogP contribution in [0.4, 0.5) is 0 Å². The SMILES string of the molecule is NNOC(=O)CCn1ccn2nccc2c1=O. The van der Waals surface area contributed by atoms with Crippen molar-refractivity contribution in [1.82, 2.24) is 19.8 Å². The highest BCUT2D eigenvalue weighted by Gasteiger charge is 2.06. The van der Waals surface area contributed by atoms with Gasteiger partial charge in [-0.1, -0.05) is 5.59 Å². The molecule has 17 heavy (non-hydrogen) atoms. The van der Waals surface area contributed by atoms with Crippen LogP contribution in [0.2, 0.25) is 0 Å². The van der Waals surface area contributed by atoms with Gasteiger partial charge < -0.3 is 9.40 Å². The van der Waals surface area contributed by atoms with Crippen molar-refractivity contribution in [2.45, 2.75) is 13.0 Å². The summed E-state index contributed by atoms with van der Waals surface area (Å²) in [7, 11) is 0. The first-order valence-electron chi connectivity index (χ1n) is 4.90. The van der Waals surface area contributed by atoms with Crippen molar-refractivity contribution in [2.75, 3.05) is 0 Å². The topological polar surface area (TPSA) is 104 Å². The number of rotatable bonds is 4. The van der Waals surface area contributed by atoms with Crippen molar-refractivity contribution >= 4 is 11.5 Å². The molecule has 2 aromatic rings. The molecule has 0 amide bonds. The van der Waals surface area contributed by atoms with Gasteiger partial charge in [0, 0.05) is 18.9 Å². The van der Waals surface area contributed by atoms with E-state index in [0.29, 0.717) is 5.52 Å². The van der Waals surface area contributed by atoms with E-state index in [1.54, 1.807) is 24.0 Å². The molecule has 90 valence electrons. The van der Waals surface area contributed by atoms with Gasteiger partial charge in [-0.25, -0.2) is 10.4 Å². The summed E-state index contributed by atoms with van der Waals surface area (Å²) in [5, 5.41) is 3.93. The van der Waals surface area contributed by atoms with Crippen LogP contribution in [0, 0.1) is 0 Å². The molecule has 2 aromatic heterocycles. The van der Waals surface area contributed by atoms with Crippen LogP contribution in [-0.4, -0.2) is 20.2 Å². The fourth-order valence-corrected chi connectivity index (χ4v) is 1.47. The van der Waals surface area contributed by atoms with Crippen LogP contribution in [-0.2, 0) is 16.2 Å². The molecule has 0 bridgehead atoms. The third-order valence-electron chi connectivity index (χ3n) is 2.27. The van der Waals surface area contributed by atoms with Gasteiger partial charge in [-0.3, -0.25) is 9.59 Å². The van der Waals surface area contributed by atoms with Gasteiger partial charge in [-0.2, -0.15) is 5.10 Å². The summed E-state index contributed by atoms with van der Waals surface area (Å²) in [5.74, 6) is 4.28. The summed E-state index contributed by atoms with van der Waals surface area (Å²) in [5.41, 5.74) is 2.04. The van der Waals surface area contributed by atoms with Gasteiger partial charge in [0.2, 0.25) is 0 Å². The minimum Gasteiger partial charge on any atom is -0.356 e. The van der Waals surface area contributed by atoms with Crippen LogP contribution in [0.15, 0.2) is 29.5 Å². The molecule has 0 fully saturated rings. The molecule has 0 saturated heterocycles. The first kappa shape index (κ1) is 11.3. The lowest BCUT2D eigenvalue weighted by Gasteiger charge is -2.05. The second-order valence-corrected chi connectivity index (χ2v) is 3.30. The highest BCUT2D eigenvalue weighted by molar-refractivity contribution is 5.68. The summed E-state index contributed by atoms with van der Waals surface area (Å²) in [6.45, 7) is 0.223. The fraction of sp³-hybridized carbons (Fsp3) is 0.222. The third kappa shape index (κ3) is 2.32. The Bertz CT molecular complexity index is 588. The van der Waals surface area contributed by atoms with Crippen molar-refractivity contribution in [3.05, 3.63) is 35.0 Å². The number of carbonyl (C=O) groups excluding carboxylic acids is 1. The summed E-state index contributed by atoms with van der Waals surface area (Å²) < 4.78 is 2.88. The second-order valence-electron chi connectivity index (χ2n) is 3.30. The quantitative estimate of drug-likeness (QED) is 0.511. The number of nitrogens with two attached hydrogens (primary N) is 1. The molecule has 0 aliphatic rings. The largest absolute Gasteiger partial charge is 0.356 e. The Balaban J connectivity index is 2.16. The molecular weight excluding hydrogens is 226 g/mol. The summed E-state index contributed by atoms with van der Waals surface area (Å²) >= 11 is 0. The smallest absolute Gasteiger partial charge is 0.328 e. The Morgan fingerprint density at radius 1 is 1.53 bits per heavy atom. The van der Waals surface area contributed by atoms with Gasteiger partial charge in [0.25, 0.3) is 5.56 Å². The van der Waals surface area contributed by atoms with E-state index in [9.17, 15) is 9.59 Å². The maximum absolute atomic E-state index is 11.9. The number of hydrogen-bond donors (Lipinski definition) is 2. The van der Waals surface area contributed by atoms with Gasteiger partial charge >= 0.3 is 5.97 Å². The monoisotopic (exact) mass is 237 g/mol. The fourth-order valence-electron chi connectivity index (χ4n) is 1.47.